The number of hydrogen-bond donors (Lipinski definition) is 2. The Morgan fingerprint density at radius 1 is 1.38 bits per heavy atom. The Bertz CT molecular complexity index is 495. The minimum atomic E-state index is -1.82. The molecule has 6 nitrogen and oxygen atoms in total. The second-order valence-corrected chi connectivity index (χ2v) is 2.95. The summed E-state index contributed by atoms with van der Waals surface area (Å²) in [5, 5.41) is 17.8. The molecule has 0 aromatic heterocycles. The predicted molar refractivity (Wildman–Crippen MR) is 46.2 cm³/mol. The summed E-state index contributed by atoms with van der Waals surface area (Å²) in [7, 11) is 0. The standard InChI is InChI=1S/C9H5FO6/c10-3-1-4-8(16-2-15-4)5(6(3)11)7(12)9(13)14/h1,11H,2H2,(H,13,14). The molecule has 1 heterocycles. The van der Waals surface area contributed by atoms with Crippen LogP contribution in [0.4, 0.5) is 4.39 Å². The molecule has 16 heavy (non-hydrogen) atoms. The van der Waals surface area contributed by atoms with Crippen molar-refractivity contribution < 1.29 is 33.7 Å². The van der Waals surface area contributed by atoms with Gasteiger partial charge in [0.25, 0.3) is 5.78 Å². The summed E-state index contributed by atoms with van der Waals surface area (Å²) in [6.07, 6.45) is 0. The SMILES string of the molecule is O=C(O)C(=O)c1c(O)c(F)cc2c1OCO2. The number of carbonyl (C=O) groups is 2. The summed E-state index contributed by atoms with van der Waals surface area (Å²) in [6.45, 7) is -0.266. The maximum atomic E-state index is 13.1. The lowest BCUT2D eigenvalue weighted by molar-refractivity contribution is -0.131. The molecule has 0 aliphatic carbocycles. The third-order valence-electron chi connectivity index (χ3n) is 2.01. The number of benzene rings is 1. The van der Waals surface area contributed by atoms with Crippen molar-refractivity contribution in [2.45, 2.75) is 0 Å². The number of ether oxygens (including phenoxy) is 2. The fourth-order valence-electron chi connectivity index (χ4n) is 1.32. The summed E-state index contributed by atoms with van der Waals surface area (Å²) in [4.78, 5) is 21.7. The van der Waals surface area contributed by atoms with Crippen molar-refractivity contribution in [3.05, 3.63) is 17.4 Å². The van der Waals surface area contributed by atoms with E-state index in [1.54, 1.807) is 0 Å². The predicted octanol–water partition coefficient (Wildman–Crippen LogP) is 0.527. The van der Waals surface area contributed by atoms with Crippen molar-refractivity contribution in [3.8, 4) is 17.2 Å². The van der Waals surface area contributed by atoms with Gasteiger partial charge in [0.15, 0.2) is 23.1 Å². The van der Waals surface area contributed by atoms with E-state index in [4.69, 9.17) is 14.6 Å². The number of aliphatic carboxylic acids is 1. The molecular weight excluding hydrogens is 223 g/mol. The monoisotopic (exact) mass is 228 g/mol. The highest BCUT2D eigenvalue weighted by Crippen LogP contribution is 2.42. The topological polar surface area (TPSA) is 93.1 Å². The van der Waals surface area contributed by atoms with E-state index in [0.717, 1.165) is 6.07 Å². The molecule has 7 heteroatoms. The fraction of sp³-hybridized carbons (Fsp3) is 0.111. The smallest absolute Gasteiger partial charge is 0.377 e. The number of phenolic OH excluding ortho intramolecular Hbond substituents is 1. The molecule has 0 fully saturated rings. The van der Waals surface area contributed by atoms with Crippen LogP contribution in [0.3, 0.4) is 0 Å². The Morgan fingerprint density at radius 3 is 2.69 bits per heavy atom. The molecular formula is C9H5FO6. The van der Waals surface area contributed by atoms with Crippen LogP contribution in [0.5, 0.6) is 17.2 Å². The summed E-state index contributed by atoms with van der Waals surface area (Å²) in [6, 6.07) is 0.816. The largest absolute Gasteiger partial charge is 0.504 e. The lowest BCUT2D eigenvalue weighted by Gasteiger charge is -2.05. The van der Waals surface area contributed by atoms with Crippen LogP contribution in [0.15, 0.2) is 6.07 Å². The summed E-state index contributed by atoms with van der Waals surface area (Å²) < 4.78 is 22.7. The Morgan fingerprint density at radius 2 is 2.06 bits per heavy atom. The number of fused-ring (bicyclic) bond motifs is 1. The van der Waals surface area contributed by atoms with Crippen LogP contribution in [0.2, 0.25) is 0 Å². The molecule has 0 bridgehead atoms. The Labute approximate surface area is 87.8 Å². The molecule has 1 aliphatic heterocycles. The first kappa shape index (κ1) is 10.2. The highest BCUT2D eigenvalue weighted by Gasteiger charge is 2.31. The van der Waals surface area contributed by atoms with Crippen molar-refractivity contribution in [2.24, 2.45) is 0 Å². The van der Waals surface area contributed by atoms with E-state index in [-0.39, 0.29) is 18.3 Å². The molecule has 0 spiro atoms. The summed E-state index contributed by atoms with van der Waals surface area (Å²) >= 11 is 0. The summed E-state index contributed by atoms with van der Waals surface area (Å²) in [5.74, 6) is -5.85. The average molecular weight is 228 g/mol. The van der Waals surface area contributed by atoms with E-state index in [1.807, 2.05) is 0 Å². The molecule has 0 saturated heterocycles. The van der Waals surface area contributed by atoms with E-state index in [9.17, 15) is 19.1 Å². The number of phenols is 1. The third kappa shape index (κ3) is 1.33. The van der Waals surface area contributed by atoms with Crippen LogP contribution in [0.1, 0.15) is 10.4 Å². The number of aromatic hydroxyl groups is 1. The van der Waals surface area contributed by atoms with Gasteiger partial charge in [-0.25, -0.2) is 9.18 Å². The zero-order chi connectivity index (χ0) is 11.9. The first-order valence-electron chi connectivity index (χ1n) is 4.11. The van der Waals surface area contributed by atoms with Crippen molar-refractivity contribution in [2.75, 3.05) is 6.79 Å². The first-order valence-corrected chi connectivity index (χ1v) is 4.11. The lowest BCUT2D eigenvalue weighted by atomic mass is 10.1. The van der Waals surface area contributed by atoms with Gasteiger partial charge in [0.1, 0.15) is 5.56 Å². The van der Waals surface area contributed by atoms with Crippen LogP contribution >= 0.6 is 0 Å². The molecule has 0 unspecified atom stereocenters. The highest BCUT2D eigenvalue weighted by atomic mass is 19.1. The number of rotatable bonds is 2. The number of carbonyl (C=O) groups excluding carboxylic acids is 1. The van der Waals surface area contributed by atoms with Gasteiger partial charge in [-0.3, -0.25) is 4.79 Å². The van der Waals surface area contributed by atoms with Gasteiger partial charge >= 0.3 is 5.97 Å². The minimum absolute atomic E-state index is 0.111. The van der Waals surface area contributed by atoms with E-state index >= 15 is 0 Å². The first-order chi connectivity index (χ1) is 7.52. The number of ketones is 1. The van der Waals surface area contributed by atoms with Crippen molar-refractivity contribution in [1.82, 2.24) is 0 Å². The molecule has 0 atom stereocenters. The molecule has 0 amide bonds. The summed E-state index contributed by atoms with van der Waals surface area (Å²) in [5.41, 5.74) is -0.736. The fourth-order valence-corrected chi connectivity index (χ4v) is 1.32. The lowest BCUT2D eigenvalue weighted by Crippen LogP contribution is -2.14. The molecule has 1 aromatic carbocycles. The van der Waals surface area contributed by atoms with E-state index in [2.05, 4.69) is 0 Å². The zero-order valence-corrected chi connectivity index (χ0v) is 7.69. The van der Waals surface area contributed by atoms with Gasteiger partial charge in [-0.2, -0.15) is 0 Å². The number of carboxylic acids is 1. The van der Waals surface area contributed by atoms with Crippen LogP contribution in [-0.2, 0) is 4.79 Å². The minimum Gasteiger partial charge on any atom is -0.504 e. The molecule has 1 aromatic rings. The number of hydrogen-bond acceptors (Lipinski definition) is 5. The number of halogens is 1. The van der Waals surface area contributed by atoms with Gasteiger partial charge in [0.05, 0.1) is 0 Å². The van der Waals surface area contributed by atoms with E-state index in [1.165, 1.54) is 0 Å². The second-order valence-electron chi connectivity index (χ2n) is 2.95. The van der Waals surface area contributed by atoms with Gasteiger partial charge < -0.3 is 19.7 Å². The van der Waals surface area contributed by atoms with Crippen molar-refractivity contribution in [1.29, 1.82) is 0 Å². The normalized spacial score (nSPS) is 12.6. The van der Waals surface area contributed by atoms with Crippen LogP contribution in [0, 0.1) is 5.82 Å². The molecule has 0 radical (unpaired) electrons. The maximum absolute atomic E-state index is 13.1. The van der Waals surface area contributed by atoms with Gasteiger partial charge in [0, 0.05) is 6.07 Å². The zero-order valence-electron chi connectivity index (χ0n) is 7.69. The molecule has 84 valence electrons. The van der Waals surface area contributed by atoms with Gasteiger partial charge in [-0.15, -0.1) is 0 Å². The molecule has 0 saturated carbocycles. The Kier molecular flexibility index (Phi) is 2.15. The van der Waals surface area contributed by atoms with Crippen molar-refractivity contribution in [3.63, 3.8) is 0 Å². The third-order valence-corrected chi connectivity index (χ3v) is 2.01. The van der Waals surface area contributed by atoms with Gasteiger partial charge in [-0.1, -0.05) is 0 Å². The molecule has 2 N–H and O–H groups in total. The van der Waals surface area contributed by atoms with Crippen LogP contribution < -0.4 is 9.47 Å². The Balaban J connectivity index is 2.68. The highest BCUT2D eigenvalue weighted by molar-refractivity contribution is 6.41. The van der Waals surface area contributed by atoms with Gasteiger partial charge in [-0.05, 0) is 0 Å². The quantitative estimate of drug-likeness (QED) is 0.566. The Hall–Kier alpha value is -2.31. The number of Topliss-reactive ketones (excluding diaryl/α,β-unsaturated/α-hetero) is 1. The van der Waals surface area contributed by atoms with Crippen molar-refractivity contribution >= 4 is 11.8 Å². The van der Waals surface area contributed by atoms with Crippen LogP contribution in [0.25, 0.3) is 0 Å². The number of carboxylic acid groups (broad SMARTS) is 1. The average Bonchev–Trinajstić information content (AvgIpc) is 2.66. The van der Waals surface area contributed by atoms with Gasteiger partial charge in [0.2, 0.25) is 6.79 Å². The van der Waals surface area contributed by atoms with E-state index in [0.29, 0.717) is 0 Å². The second kappa shape index (κ2) is 3.37. The van der Waals surface area contributed by atoms with E-state index < -0.39 is 28.9 Å². The maximum Gasteiger partial charge on any atom is 0.377 e. The van der Waals surface area contributed by atoms with Crippen LogP contribution in [-0.4, -0.2) is 28.8 Å². The molecule has 1 aliphatic rings. The molecule has 2 rings (SSSR count).